The van der Waals surface area contributed by atoms with E-state index in [-0.39, 0.29) is 0 Å². The maximum absolute atomic E-state index is 4.98. The molecule has 0 spiro atoms. The van der Waals surface area contributed by atoms with Crippen molar-refractivity contribution in [3.05, 3.63) is 15.6 Å². The molecule has 106 valence electrons. The second kappa shape index (κ2) is 5.51. The Morgan fingerprint density at radius 3 is 2.79 bits per heavy atom. The molecule has 2 aliphatic rings. The summed E-state index contributed by atoms with van der Waals surface area (Å²) in [5, 5.41) is 4.76. The maximum Gasteiger partial charge on any atom is 0.110 e. The zero-order valence-electron chi connectivity index (χ0n) is 12.3. The first-order chi connectivity index (χ1) is 9.15. The van der Waals surface area contributed by atoms with E-state index in [1.54, 1.807) is 4.88 Å². The fraction of sp³-hybridized carbons (Fsp3) is 0.800. The SMILES string of the molecule is CC1Cc2nc(C(C)N3CCNCC3)sc2C(C)C1. The highest BCUT2D eigenvalue weighted by atomic mass is 32.1. The predicted molar refractivity (Wildman–Crippen MR) is 80.9 cm³/mol. The summed E-state index contributed by atoms with van der Waals surface area (Å²) in [6, 6.07) is 0.486. The number of hydrogen-bond acceptors (Lipinski definition) is 4. The van der Waals surface area contributed by atoms with Crippen LogP contribution >= 0.6 is 11.3 Å². The molecule has 3 nitrogen and oxygen atoms in total. The Kier molecular flexibility index (Phi) is 3.92. The molecule has 1 aromatic rings. The minimum absolute atomic E-state index is 0.486. The van der Waals surface area contributed by atoms with Crippen LogP contribution < -0.4 is 5.32 Å². The van der Waals surface area contributed by atoms with Gasteiger partial charge in [0.25, 0.3) is 0 Å². The lowest BCUT2D eigenvalue weighted by atomic mass is 9.86. The van der Waals surface area contributed by atoms with Gasteiger partial charge in [-0.1, -0.05) is 13.8 Å². The van der Waals surface area contributed by atoms with Crippen molar-refractivity contribution < 1.29 is 0 Å². The zero-order chi connectivity index (χ0) is 13.4. The lowest BCUT2D eigenvalue weighted by Gasteiger charge is -2.31. The molecule has 3 atom stereocenters. The van der Waals surface area contributed by atoms with E-state index in [0.29, 0.717) is 12.0 Å². The molecule has 3 unspecified atom stereocenters. The summed E-state index contributed by atoms with van der Waals surface area (Å²) in [5.41, 5.74) is 1.40. The van der Waals surface area contributed by atoms with Crippen LogP contribution in [-0.2, 0) is 6.42 Å². The van der Waals surface area contributed by atoms with Crippen LogP contribution in [-0.4, -0.2) is 36.1 Å². The van der Waals surface area contributed by atoms with E-state index in [1.165, 1.54) is 23.5 Å². The minimum atomic E-state index is 0.486. The number of aromatic nitrogens is 1. The highest BCUT2D eigenvalue weighted by Gasteiger charge is 2.28. The fourth-order valence-corrected chi connectivity index (χ4v) is 4.69. The van der Waals surface area contributed by atoms with Crippen LogP contribution in [0.25, 0.3) is 0 Å². The molecule has 2 heterocycles. The van der Waals surface area contributed by atoms with E-state index >= 15 is 0 Å². The van der Waals surface area contributed by atoms with Crippen molar-refractivity contribution >= 4 is 11.3 Å². The van der Waals surface area contributed by atoms with Gasteiger partial charge in [-0.05, 0) is 31.6 Å². The van der Waals surface area contributed by atoms with Gasteiger partial charge >= 0.3 is 0 Å². The number of fused-ring (bicyclic) bond motifs is 1. The number of piperazine rings is 1. The van der Waals surface area contributed by atoms with Crippen LogP contribution in [0.3, 0.4) is 0 Å². The Morgan fingerprint density at radius 2 is 2.05 bits per heavy atom. The van der Waals surface area contributed by atoms with Crippen molar-refractivity contribution in [1.29, 1.82) is 0 Å². The van der Waals surface area contributed by atoms with E-state index in [9.17, 15) is 0 Å². The van der Waals surface area contributed by atoms with Crippen molar-refractivity contribution in [1.82, 2.24) is 15.2 Å². The third-order valence-electron chi connectivity index (χ3n) is 4.55. The fourth-order valence-electron chi connectivity index (χ4n) is 3.44. The Labute approximate surface area is 120 Å². The largest absolute Gasteiger partial charge is 0.314 e. The standard InChI is InChI=1S/C15H25N3S/c1-10-8-11(2)14-13(9-10)17-15(19-14)12(3)18-6-4-16-5-7-18/h10-12,16H,4-9H2,1-3H3. The smallest absolute Gasteiger partial charge is 0.110 e. The normalized spacial score (nSPS) is 30.1. The van der Waals surface area contributed by atoms with Crippen molar-refractivity contribution in [2.75, 3.05) is 26.2 Å². The van der Waals surface area contributed by atoms with Gasteiger partial charge in [0.1, 0.15) is 5.01 Å². The summed E-state index contributed by atoms with van der Waals surface area (Å²) in [6.45, 7) is 11.6. The van der Waals surface area contributed by atoms with Gasteiger partial charge in [-0.3, -0.25) is 4.90 Å². The van der Waals surface area contributed by atoms with Gasteiger partial charge in [-0.2, -0.15) is 0 Å². The molecule has 3 rings (SSSR count). The van der Waals surface area contributed by atoms with Gasteiger partial charge < -0.3 is 5.32 Å². The minimum Gasteiger partial charge on any atom is -0.314 e. The number of nitrogens with one attached hydrogen (secondary N) is 1. The second-order valence-corrected chi connectivity index (χ2v) is 7.33. The number of hydrogen-bond donors (Lipinski definition) is 1. The average molecular weight is 279 g/mol. The first-order valence-electron chi connectivity index (χ1n) is 7.59. The number of thiazole rings is 1. The highest BCUT2D eigenvalue weighted by Crippen LogP contribution is 2.40. The Bertz CT molecular complexity index is 437. The Morgan fingerprint density at radius 1 is 1.32 bits per heavy atom. The lowest BCUT2D eigenvalue weighted by Crippen LogP contribution is -2.44. The second-order valence-electron chi connectivity index (χ2n) is 6.27. The highest BCUT2D eigenvalue weighted by molar-refractivity contribution is 7.12. The van der Waals surface area contributed by atoms with E-state index in [2.05, 4.69) is 31.0 Å². The molecular formula is C15H25N3S. The van der Waals surface area contributed by atoms with Crippen LogP contribution in [0.5, 0.6) is 0 Å². The quantitative estimate of drug-likeness (QED) is 0.902. The summed E-state index contributed by atoms with van der Waals surface area (Å²) in [7, 11) is 0. The van der Waals surface area contributed by atoms with Crippen molar-refractivity contribution in [3.63, 3.8) is 0 Å². The molecule has 1 aromatic heterocycles. The van der Waals surface area contributed by atoms with E-state index in [0.717, 1.165) is 32.1 Å². The average Bonchev–Trinajstić information content (AvgIpc) is 2.83. The van der Waals surface area contributed by atoms with Crippen LogP contribution in [0, 0.1) is 5.92 Å². The molecule has 1 fully saturated rings. The van der Waals surface area contributed by atoms with E-state index < -0.39 is 0 Å². The van der Waals surface area contributed by atoms with Crippen LogP contribution in [0.2, 0.25) is 0 Å². The van der Waals surface area contributed by atoms with Gasteiger partial charge in [0.15, 0.2) is 0 Å². The zero-order valence-corrected chi connectivity index (χ0v) is 13.1. The molecule has 1 N–H and O–H groups in total. The summed E-state index contributed by atoms with van der Waals surface area (Å²) in [5.74, 6) is 1.51. The van der Waals surface area contributed by atoms with Gasteiger partial charge in [0.05, 0.1) is 11.7 Å². The molecule has 0 amide bonds. The van der Waals surface area contributed by atoms with Crippen molar-refractivity contribution in [2.45, 2.75) is 45.6 Å². The van der Waals surface area contributed by atoms with E-state index in [1.807, 2.05) is 11.3 Å². The monoisotopic (exact) mass is 279 g/mol. The number of rotatable bonds is 2. The molecule has 0 radical (unpaired) electrons. The summed E-state index contributed by atoms with van der Waals surface area (Å²) in [6.07, 6.45) is 2.51. The van der Waals surface area contributed by atoms with Crippen LogP contribution in [0.1, 0.15) is 54.7 Å². The van der Waals surface area contributed by atoms with Gasteiger partial charge in [0.2, 0.25) is 0 Å². The summed E-state index contributed by atoms with van der Waals surface area (Å²) in [4.78, 5) is 9.11. The molecule has 1 aliphatic carbocycles. The van der Waals surface area contributed by atoms with E-state index in [4.69, 9.17) is 4.98 Å². The maximum atomic E-state index is 4.98. The molecule has 0 bridgehead atoms. The topological polar surface area (TPSA) is 28.2 Å². The molecule has 1 saturated heterocycles. The molecule has 0 saturated carbocycles. The molecule has 1 aliphatic heterocycles. The van der Waals surface area contributed by atoms with Crippen LogP contribution in [0.15, 0.2) is 0 Å². The molecule has 4 heteroatoms. The first-order valence-corrected chi connectivity index (χ1v) is 8.41. The summed E-state index contributed by atoms with van der Waals surface area (Å²) >= 11 is 1.97. The Balaban J connectivity index is 1.80. The Hall–Kier alpha value is -0.450. The van der Waals surface area contributed by atoms with Crippen molar-refractivity contribution in [3.8, 4) is 0 Å². The predicted octanol–water partition coefficient (Wildman–Crippen LogP) is 2.80. The third-order valence-corrected chi connectivity index (χ3v) is 6.05. The number of nitrogens with zero attached hydrogens (tertiary/aromatic N) is 2. The molecule has 19 heavy (non-hydrogen) atoms. The molecular weight excluding hydrogens is 254 g/mol. The first kappa shape index (κ1) is 13.5. The summed E-state index contributed by atoms with van der Waals surface area (Å²) < 4.78 is 0. The van der Waals surface area contributed by atoms with Crippen LogP contribution in [0.4, 0.5) is 0 Å². The third kappa shape index (κ3) is 2.71. The lowest BCUT2D eigenvalue weighted by molar-refractivity contribution is 0.185. The van der Waals surface area contributed by atoms with Gasteiger partial charge in [-0.15, -0.1) is 11.3 Å². The van der Waals surface area contributed by atoms with Gasteiger partial charge in [0, 0.05) is 31.1 Å². The molecule has 0 aromatic carbocycles. The van der Waals surface area contributed by atoms with Gasteiger partial charge in [-0.25, -0.2) is 4.98 Å². The van der Waals surface area contributed by atoms with Crippen molar-refractivity contribution in [2.24, 2.45) is 5.92 Å².